The number of hydrogen-bond acceptors (Lipinski definition) is 2. The summed E-state index contributed by atoms with van der Waals surface area (Å²) in [7, 11) is 0. The Balaban J connectivity index is 4.41. The molecule has 0 fully saturated rings. The van der Waals surface area contributed by atoms with Gasteiger partial charge in [-0.05, 0) is 19.8 Å². The van der Waals surface area contributed by atoms with Crippen LogP contribution in [0, 0.1) is 5.92 Å². The van der Waals surface area contributed by atoms with Gasteiger partial charge in [-0.3, -0.25) is 4.79 Å². The van der Waals surface area contributed by atoms with Crippen LogP contribution >= 0.6 is 0 Å². The van der Waals surface area contributed by atoms with Gasteiger partial charge in [-0.1, -0.05) is 26.7 Å². The number of hydrogen-bond donors (Lipinski definition) is 2. The predicted molar refractivity (Wildman–Crippen MR) is 51.6 cm³/mol. The van der Waals surface area contributed by atoms with E-state index in [-0.39, 0.29) is 0 Å². The lowest BCUT2D eigenvalue weighted by molar-refractivity contribution is -0.152. The van der Waals surface area contributed by atoms with E-state index in [1.54, 1.807) is 6.92 Å². The zero-order valence-electron chi connectivity index (χ0n) is 8.71. The van der Waals surface area contributed by atoms with Crippen LogP contribution in [0.25, 0.3) is 0 Å². The minimum atomic E-state index is -1.06. The first-order valence-electron chi connectivity index (χ1n) is 4.90. The first-order chi connectivity index (χ1) is 5.95. The van der Waals surface area contributed by atoms with E-state index in [4.69, 9.17) is 5.11 Å². The quantitative estimate of drug-likeness (QED) is 0.670. The first kappa shape index (κ1) is 12.4. The van der Waals surface area contributed by atoms with E-state index in [9.17, 15) is 9.90 Å². The summed E-state index contributed by atoms with van der Waals surface area (Å²) in [6, 6.07) is 0. The summed E-state index contributed by atoms with van der Waals surface area (Å²) < 4.78 is 0. The third kappa shape index (κ3) is 3.77. The molecule has 2 N–H and O–H groups in total. The fraction of sp³-hybridized carbons (Fsp3) is 0.900. The molecule has 2 atom stereocenters. The molecule has 0 amide bonds. The van der Waals surface area contributed by atoms with Gasteiger partial charge in [0.1, 0.15) is 0 Å². The predicted octanol–water partition coefficient (Wildman–Crippen LogP) is 2.04. The van der Waals surface area contributed by atoms with Crippen molar-refractivity contribution >= 4 is 5.97 Å². The minimum Gasteiger partial charge on any atom is -0.481 e. The highest BCUT2D eigenvalue weighted by Gasteiger charge is 2.35. The molecular formula is C10H20O3. The van der Waals surface area contributed by atoms with Gasteiger partial charge in [0.2, 0.25) is 0 Å². The number of carbonyl (C=O) groups is 1. The van der Waals surface area contributed by atoms with E-state index < -0.39 is 17.5 Å². The van der Waals surface area contributed by atoms with Gasteiger partial charge >= 0.3 is 5.97 Å². The Morgan fingerprint density at radius 2 is 1.92 bits per heavy atom. The van der Waals surface area contributed by atoms with Crippen LogP contribution in [0.3, 0.4) is 0 Å². The zero-order valence-corrected chi connectivity index (χ0v) is 8.71. The average Bonchev–Trinajstić information content (AvgIpc) is 1.99. The molecular weight excluding hydrogens is 168 g/mol. The molecule has 0 aromatic rings. The molecule has 0 saturated heterocycles. The Morgan fingerprint density at radius 3 is 2.23 bits per heavy atom. The lowest BCUT2D eigenvalue weighted by Gasteiger charge is -2.29. The number of carboxylic acid groups (broad SMARTS) is 1. The van der Waals surface area contributed by atoms with Gasteiger partial charge in [-0.2, -0.15) is 0 Å². The zero-order chi connectivity index (χ0) is 10.5. The number of aliphatic hydroxyl groups is 1. The molecule has 78 valence electrons. The second-order valence-corrected chi connectivity index (χ2v) is 3.79. The maximum atomic E-state index is 10.9. The van der Waals surface area contributed by atoms with Crippen molar-refractivity contribution in [1.82, 2.24) is 0 Å². The van der Waals surface area contributed by atoms with Crippen LogP contribution < -0.4 is 0 Å². The Labute approximate surface area is 79.8 Å². The van der Waals surface area contributed by atoms with E-state index in [0.717, 1.165) is 12.8 Å². The molecule has 3 nitrogen and oxygen atoms in total. The fourth-order valence-electron chi connectivity index (χ4n) is 1.67. The SMILES string of the molecule is CCCC(C(=O)O)C(C)(O)CCC. The molecule has 0 aliphatic rings. The molecule has 0 saturated carbocycles. The summed E-state index contributed by atoms with van der Waals surface area (Å²) in [5.74, 6) is -1.52. The molecule has 0 bridgehead atoms. The summed E-state index contributed by atoms with van der Waals surface area (Å²) in [5, 5.41) is 18.8. The molecule has 13 heavy (non-hydrogen) atoms. The highest BCUT2D eigenvalue weighted by Crippen LogP contribution is 2.26. The third-order valence-corrected chi connectivity index (χ3v) is 2.38. The van der Waals surface area contributed by atoms with Gasteiger partial charge < -0.3 is 10.2 Å². The number of carboxylic acids is 1. The summed E-state index contributed by atoms with van der Waals surface area (Å²) in [5.41, 5.74) is -1.06. The largest absolute Gasteiger partial charge is 0.481 e. The molecule has 0 heterocycles. The van der Waals surface area contributed by atoms with Crippen LogP contribution in [-0.4, -0.2) is 21.8 Å². The first-order valence-corrected chi connectivity index (χ1v) is 4.90. The van der Waals surface area contributed by atoms with Crippen molar-refractivity contribution in [2.75, 3.05) is 0 Å². The van der Waals surface area contributed by atoms with E-state index in [1.807, 2.05) is 13.8 Å². The summed E-state index contributed by atoms with van der Waals surface area (Å²) in [6.45, 7) is 5.49. The standard InChI is InChI=1S/C10H20O3/c1-4-6-8(9(11)12)10(3,13)7-5-2/h8,13H,4-7H2,1-3H3,(H,11,12). The van der Waals surface area contributed by atoms with Gasteiger partial charge in [0.25, 0.3) is 0 Å². The van der Waals surface area contributed by atoms with Gasteiger partial charge in [0.05, 0.1) is 11.5 Å². The van der Waals surface area contributed by atoms with Crippen LogP contribution in [0.1, 0.15) is 46.5 Å². The van der Waals surface area contributed by atoms with Crippen LogP contribution in [0.4, 0.5) is 0 Å². The normalized spacial score (nSPS) is 17.8. The smallest absolute Gasteiger partial charge is 0.309 e. The molecule has 0 aliphatic heterocycles. The van der Waals surface area contributed by atoms with Crippen molar-refractivity contribution in [3.63, 3.8) is 0 Å². The molecule has 0 aliphatic carbocycles. The highest BCUT2D eigenvalue weighted by atomic mass is 16.4. The molecule has 0 spiro atoms. The van der Waals surface area contributed by atoms with Crippen molar-refractivity contribution in [1.29, 1.82) is 0 Å². The van der Waals surface area contributed by atoms with E-state index in [1.165, 1.54) is 0 Å². The van der Waals surface area contributed by atoms with Crippen LogP contribution in [0.2, 0.25) is 0 Å². The highest BCUT2D eigenvalue weighted by molar-refractivity contribution is 5.71. The monoisotopic (exact) mass is 188 g/mol. The second-order valence-electron chi connectivity index (χ2n) is 3.79. The van der Waals surface area contributed by atoms with Gasteiger partial charge in [0.15, 0.2) is 0 Å². The van der Waals surface area contributed by atoms with Gasteiger partial charge in [-0.25, -0.2) is 0 Å². The average molecular weight is 188 g/mol. The topological polar surface area (TPSA) is 57.5 Å². The van der Waals surface area contributed by atoms with Gasteiger partial charge in [0, 0.05) is 0 Å². The van der Waals surface area contributed by atoms with Crippen LogP contribution in [0.5, 0.6) is 0 Å². The van der Waals surface area contributed by atoms with E-state index in [2.05, 4.69) is 0 Å². The number of aliphatic carboxylic acids is 1. The Hall–Kier alpha value is -0.570. The van der Waals surface area contributed by atoms with Gasteiger partial charge in [-0.15, -0.1) is 0 Å². The maximum Gasteiger partial charge on any atom is 0.309 e. The summed E-state index contributed by atoms with van der Waals surface area (Å²) in [4.78, 5) is 10.9. The van der Waals surface area contributed by atoms with Crippen molar-refractivity contribution in [2.24, 2.45) is 5.92 Å². The lowest BCUT2D eigenvalue weighted by Crippen LogP contribution is -2.39. The number of rotatable bonds is 6. The Morgan fingerprint density at radius 1 is 1.38 bits per heavy atom. The van der Waals surface area contributed by atoms with E-state index in [0.29, 0.717) is 12.8 Å². The molecule has 3 heteroatoms. The molecule has 0 rings (SSSR count). The Bertz CT molecular complexity index is 164. The second kappa shape index (κ2) is 5.22. The minimum absolute atomic E-state index is 0.544. The van der Waals surface area contributed by atoms with Crippen molar-refractivity contribution in [2.45, 2.75) is 52.1 Å². The van der Waals surface area contributed by atoms with Crippen molar-refractivity contribution in [3.8, 4) is 0 Å². The molecule has 0 aromatic heterocycles. The molecule has 0 radical (unpaired) electrons. The summed E-state index contributed by atoms with van der Waals surface area (Å²) in [6.07, 6.45) is 2.68. The molecule has 2 unspecified atom stereocenters. The van der Waals surface area contributed by atoms with E-state index >= 15 is 0 Å². The molecule has 0 aromatic carbocycles. The van der Waals surface area contributed by atoms with Crippen molar-refractivity contribution < 1.29 is 15.0 Å². The van der Waals surface area contributed by atoms with Crippen LogP contribution in [-0.2, 0) is 4.79 Å². The van der Waals surface area contributed by atoms with Crippen LogP contribution in [0.15, 0.2) is 0 Å². The Kier molecular flexibility index (Phi) is 4.99. The summed E-state index contributed by atoms with van der Waals surface area (Å²) >= 11 is 0. The third-order valence-electron chi connectivity index (χ3n) is 2.38. The lowest BCUT2D eigenvalue weighted by atomic mass is 9.82. The maximum absolute atomic E-state index is 10.9. The fourth-order valence-corrected chi connectivity index (χ4v) is 1.67. The van der Waals surface area contributed by atoms with Crippen molar-refractivity contribution in [3.05, 3.63) is 0 Å².